The van der Waals surface area contributed by atoms with Gasteiger partial charge in [-0.15, -0.1) is 11.3 Å². The van der Waals surface area contributed by atoms with Gasteiger partial charge in [-0.3, -0.25) is 4.79 Å². The van der Waals surface area contributed by atoms with Gasteiger partial charge in [0.15, 0.2) is 0 Å². The van der Waals surface area contributed by atoms with Crippen molar-refractivity contribution in [1.29, 1.82) is 0 Å². The first-order chi connectivity index (χ1) is 9.36. The molecule has 0 saturated carbocycles. The molecular formula is C16H18ClNOS. The summed E-state index contributed by atoms with van der Waals surface area (Å²) in [4.78, 5) is 16.7. The lowest BCUT2D eigenvalue weighted by atomic mass is 9.93. The van der Waals surface area contributed by atoms with Crippen LogP contribution < -0.4 is 0 Å². The Morgan fingerprint density at radius 3 is 2.55 bits per heavy atom. The first kappa shape index (κ1) is 15.2. The van der Waals surface area contributed by atoms with Gasteiger partial charge in [-0.25, -0.2) is 4.98 Å². The molecule has 0 fully saturated rings. The number of benzene rings is 1. The second-order valence-corrected chi connectivity index (χ2v) is 7.21. The molecule has 0 spiro atoms. The van der Waals surface area contributed by atoms with Crippen molar-refractivity contribution < 1.29 is 4.79 Å². The normalized spacial score (nSPS) is 11.6. The van der Waals surface area contributed by atoms with Crippen molar-refractivity contribution in [1.82, 2.24) is 4.98 Å². The molecule has 4 heteroatoms. The summed E-state index contributed by atoms with van der Waals surface area (Å²) in [5.74, 6) is 0.146. The Kier molecular flexibility index (Phi) is 4.61. The van der Waals surface area contributed by atoms with Gasteiger partial charge in [0.1, 0.15) is 10.8 Å². The van der Waals surface area contributed by atoms with Gasteiger partial charge in [-0.2, -0.15) is 0 Å². The molecule has 2 aromatic rings. The molecular weight excluding hydrogens is 290 g/mol. The predicted octanol–water partition coefficient (Wildman–Crippen LogP) is 4.45. The molecule has 106 valence electrons. The molecule has 0 bridgehead atoms. The van der Waals surface area contributed by atoms with Crippen molar-refractivity contribution in [2.45, 2.75) is 39.0 Å². The largest absolute Gasteiger partial charge is 0.299 e. The number of ketones is 1. The highest BCUT2D eigenvalue weighted by Gasteiger charge is 2.18. The molecule has 2 nitrogen and oxygen atoms in total. The Balaban J connectivity index is 2.02. The van der Waals surface area contributed by atoms with E-state index in [2.05, 4.69) is 25.8 Å². The van der Waals surface area contributed by atoms with Crippen LogP contribution in [0, 0.1) is 0 Å². The maximum absolute atomic E-state index is 12.1. The summed E-state index contributed by atoms with van der Waals surface area (Å²) in [5, 5.41) is 3.57. The van der Waals surface area contributed by atoms with Crippen LogP contribution in [0.4, 0.5) is 0 Å². The topological polar surface area (TPSA) is 30.0 Å². The minimum Gasteiger partial charge on any atom is -0.299 e. The van der Waals surface area contributed by atoms with E-state index < -0.39 is 0 Å². The van der Waals surface area contributed by atoms with E-state index >= 15 is 0 Å². The van der Waals surface area contributed by atoms with Crippen molar-refractivity contribution >= 4 is 28.7 Å². The van der Waals surface area contributed by atoms with Gasteiger partial charge in [-0.05, 0) is 11.6 Å². The Morgan fingerprint density at radius 2 is 1.95 bits per heavy atom. The van der Waals surface area contributed by atoms with Crippen LogP contribution in [0.15, 0.2) is 29.6 Å². The van der Waals surface area contributed by atoms with E-state index in [0.717, 1.165) is 16.3 Å². The molecule has 0 aliphatic heterocycles. The van der Waals surface area contributed by atoms with Gasteiger partial charge in [0.05, 0.1) is 12.1 Å². The number of rotatable bonds is 4. The van der Waals surface area contributed by atoms with E-state index in [9.17, 15) is 4.79 Å². The second kappa shape index (κ2) is 6.06. The first-order valence-corrected chi connectivity index (χ1v) is 7.82. The van der Waals surface area contributed by atoms with E-state index in [-0.39, 0.29) is 11.2 Å². The number of hydrogen-bond acceptors (Lipinski definition) is 3. The Bertz CT molecular complexity index is 613. The molecule has 0 atom stereocenters. The lowest BCUT2D eigenvalue weighted by Crippen LogP contribution is -2.12. The van der Waals surface area contributed by atoms with Crippen LogP contribution in [0.1, 0.15) is 37.0 Å². The number of halogens is 1. The minimum atomic E-state index is 0.0283. The number of carbonyl (C=O) groups excluding carboxylic acids is 1. The molecule has 0 saturated heterocycles. The van der Waals surface area contributed by atoms with E-state index in [1.54, 1.807) is 11.3 Å². The summed E-state index contributed by atoms with van der Waals surface area (Å²) in [6.45, 7) is 6.37. The van der Waals surface area contributed by atoms with Crippen LogP contribution >= 0.6 is 22.9 Å². The summed E-state index contributed by atoms with van der Waals surface area (Å²) >= 11 is 7.62. The Morgan fingerprint density at radius 1 is 1.25 bits per heavy atom. The summed E-state index contributed by atoms with van der Waals surface area (Å²) in [6, 6.07) is 7.47. The summed E-state index contributed by atoms with van der Waals surface area (Å²) in [6.07, 6.45) is 0.746. The summed E-state index contributed by atoms with van der Waals surface area (Å²) < 4.78 is 0. The molecule has 1 aromatic heterocycles. The fourth-order valence-corrected chi connectivity index (χ4v) is 3.07. The number of hydrogen-bond donors (Lipinski definition) is 0. The second-order valence-electron chi connectivity index (χ2n) is 5.86. The number of nitrogens with zero attached hydrogens (tertiary/aromatic N) is 1. The van der Waals surface area contributed by atoms with Crippen molar-refractivity contribution in [2.24, 2.45) is 0 Å². The van der Waals surface area contributed by atoms with Gasteiger partial charge in [-0.1, -0.05) is 50.6 Å². The maximum Gasteiger partial charge on any atom is 0.144 e. The summed E-state index contributed by atoms with van der Waals surface area (Å²) in [5.41, 5.74) is 1.95. The molecule has 1 heterocycles. The number of aromatic nitrogens is 1. The van der Waals surface area contributed by atoms with E-state index in [1.807, 2.05) is 29.6 Å². The van der Waals surface area contributed by atoms with E-state index in [4.69, 9.17) is 11.6 Å². The molecule has 20 heavy (non-hydrogen) atoms. The van der Waals surface area contributed by atoms with Gasteiger partial charge in [0.2, 0.25) is 0 Å². The van der Waals surface area contributed by atoms with Crippen molar-refractivity contribution in [2.75, 3.05) is 0 Å². The minimum absolute atomic E-state index is 0.0283. The van der Waals surface area contributed by atoms with Crippen LogP contribution in [-0.4, -0.2) is 10.8 Å². The fraction of sp³-hybridized carbons (Fsp3) is 0.375. The van der Waals surface area contributed by atoms with Crippen LogP contribution in [0.25, 0.3) is 0 Å². The third-order valence-corrected chi connectivity index (χ3v) is 4.23. The molecule has 0 amide bonds. The molecule has 0 aliphatic rings. The monoisotopic (exact) mass is 307 g/mol. The third-order valence-electron chi connectivity index (χ3n) is 3.01. The lowest BCUT2D eigenvalue weighted by molar-refractivity contribution is -0.117. The lowest BCUT2D eigenvalue weighted by Gasteiger charge is -2.14. The Hall–Kier alpha value is -1.19. The van der Waals surface area contributed by atoms with Crippen molar-refractivity contribution in [3.05, 3.63) is 50.9 Å². The average molecular weight is 308 g/mol. The van der Waals surface area contributed by atoms with Gasteiger partial charge >= 0.3 is 0 Å². The van der Waals surface area contributed by atoms with Crippen molar-refractivity contribution in [3.8, 4) is 0 Å². The van der Waals surface area contributed by atoms with E-state index in [1.165, 1.54) is 0 Å². The van der Waals surface area contributed by atoms with Crippen LogP contribution in [0.5, 0.6) is 0 Å². The van der Waals surface area contributed by atoms with Gasteiger partial charge in [0, 0.05) is 22.2 Å². The quantitative estimate of drug-likeness (QED) is 0.835. The number of carbonyl (C=O) groups is 1. The molecule has 0 aliphatic carbocycles. The predicted molar refractivity (Wildman–Crippen MR) is 84.7 cm³/mol. The molecule has 0 radical (unpaired) electrons. The molecule has 0 N–H and O–H groups in total. The van der Waals surface area contributed by atoms with Crippen molar-refractivity contribution in [3.63, 3.8) is 0 Å². The zero-order chi connectivity index (χ0) is 14.8. The molecule has 1 aromatic carbocycles. The van der Waals surface area contributed by atoms with Crippen LogP contribution in [0.3, 0.4) is 0 Å². The zero-order valence-corrected chi connectivity index (χ0v) is 13.5. The van der Waals surface area contributed by atoms with Crippen LogP contribution in [-0.2, 0) is 23.1 Å². The van der Waals surface area contributed by atoms with Gasteiger partial charge < -0.3 is 0 Å². The average Bonchev–Trinajstić information content (AvgIpc) is 2.80. The molecule has 2 rings (SSSR count). The summed E-state index contributed by atoms with van der Waals surface area (Å²) in [7, 11) is 0. The first-order valence-electron chi connectivity index (χ1n) is 6.56. The zero-order valence-electron chi connectivity index (χ0n) is 11.9. The third kappa shape index (κ3) is 3.90. The smallest absolute Gasteiger partial charge is 0.144 e. The molecule has 0 unspecified atom stereocenters. The highest BCUT2D eigenvalue weighted by atomic mass is 35.5. The Labute approximate surface area is 128 Å². The van der Waals surface area contributed by atoms with Crippen LogP contribution in [0.2, 0.25) is 5.02 Å². The number of thiazole rings is 1. The fourth-order valence-electron chi connectivity index (χ4n) is 1.82. The highest BCUT2D eigenvalue weighted by molar-refractivity contribution is 7.09. The number of Topliss-reactive ketones (excluding diaryl/α,β-unsaturated/α-hetero) is 1. The van der Waals surface area contributed by atoms with E-state index in [0.29, 0.717) is 17.9 Å². The van der Waals surface area contributed by atoms with Gasteiger partial charge in [0.25, 0.3) is 0 Å². The standard InChI is InChI=1S/C16H18ClNOS/c1-16(2,3)14-10-20-15(18-14)9-12(19)8-11-6-4-5-7-13(11)17/h4-7,10H,8-9H2,1-3H3. The SMILES string of the molecule is CC(C)(C)c1csc(CC(=O)Cc2ccccc2Cl)n1. The highest BCUT2D eigenvalue weighted by Crippen LogP contribution is 2.24. The maximum atomic E-state index is 12.1.